The molecule has 5 heteroatoms. The number of rotatable bonds is 7. The zero-order valence-electron chi connectivity index (χ0n) is 15.8. The minimum Gasteiger partial charge on any atom is -0.493 e. The lowest BCUT2D eigenvalue weighted by atomic mass is 10.0. The summed E-state index contributed by atoms with van der Waals surface area (Å²) in [7, 11) is 3.32. The van der Waals surface area contributed by atoms with Gasteiger partial charge in [-0.3, -0.25) is 4.90 Å². The summed E-state index contributed by atoms with van der Waals surface area (Å²) in [4.78, 5) is 2.47. The van der Waals surface area contributed by atoms with Gasteiger partial charge in [-0.1, -0.05) is 30.3 Å². The highest BCUT2D eigenvalue weighted by Gasteiger charge is 2.23. The highest BCUT2D eigenvalue weighted by Crippen LogP contribution is 2.39. The third-order valence-electron chi connectivity index (χ3n) is 4.90. The van der Waals surface area contributed by atoms with Crippen molar-refractivity contribution in [2.45, 2.75) is 19.6 Å². The molecule has 0 spiro atoms. The summed E-state index contributed by atoms with van der Waals surface area (Å²) in [5.41, 5.74) is 2.27. The van der Waals surface area contributed by atoms with Crippen molar-refractivity contribution >= 4 is 0 Å². The van der Waals surface area contributed by atoms with E-state index >= 15 is 0 Å². The molecule has 0 saturated carbocycles. The van der Waals surface area contributed by atoms with Crippen molar-refractivity contribution in [3.63, 3.8) is 0 Å². The second kappa shape index (κ2) is 8.92. The van der Waals surface area contributed by atoms with Crippen molar-refractivity contribution in [1.82, 2.24) is 10.2 Å². The fourth-order valence-electron chi connectivity index (χ4n) is 3.33. The lowest BCUT2D eigenvalue weighted by molar-refractivity contribution is 0.179. The minimum atomic E-state index is 0.239. The van der Waals surface area contributed by atoms with Crippen molar-refractivity contribution in [3.05, 3.63) is 53.6 Å². The summed E-state index contributed by atoms with van der Waals surface area (Å²) in [6, 6.07) is 14.4. The van der Waals surface area contributed by atoms with Gasteiger partial charge < -0.3 is 19.5 Å². The molecule has 0 radical (unpaired) electrons. The van der Waals surface area contributed by atoms with Crippen LogP contribution in [-0.2, 0) is 6.61 Å². The first-order valence-electron chi connectivity index (χ1n) is 9.10. The van der Waals surface area contributed by atoms with Crippen LogP contribution in [0.2, 0.25) is 0 Å². The van der Waals surface area contributed by atoms with Crippen molar-refractivity contribution in [1.29, 1.82) is 0 Å². The molecule has 1 aliphatic heterocycles. The largest absolute Gasteiger partial charge is 0.493 e. The Labute approximate surface area is 155 Å². The van der Waals surface area contributed by atoms with Gasteiger partial charge in [0.25, 0.3) is 0 Å². The number of hydrogen-bond acceptors (Lipinski definition) is 5. The molecule has 1 aliphatic rings. The van der Waals surface area contributed by atoms with Gasteiger partial charge in [0.15, 0.2) is 11.5 Å². The Hall–Kier alpha value is -2.24. The van der Waals surface area contributed by atoms with Crippen LogP contribution in [0.5, 0.6) is 17.2 Å². The normalized spacial score (nSPS) is 16.1. The van der Waals surface area contributed by atoms with Crippen molar-refractivity contribution < 1.29 is 14.2 Å². The maximum Gasteiger partial charge on any atom is 0.164 e. The topological polar surface area (TPSA) is 43.0 Å². The molecule has 3 rings (SSSR count). The van der Waals surface area contributed by atoms with Crippen LogP contribution in [-0.4, -0.2) is 45.3 Å². The quantitative estimate of drug-likeness (QED) is 0.825. The van der Waals surface area contributed by atoms with Gasteiger partial charge in [0, 0.05) is 43.9 Å². The van der Waals surface area contributed by atoms with E-state index in [9.17, 15) is 0 Å². The average Bonchev–Trinajstić information content (AvgIpc) is 2.72. The maximum absolute atomic E-state index is 6.20. The fraction of sp³-hybridized carbons (Fsp3) is 0.429. The molecule has 1 heterocycles. The molecule has 0 bridgehead atoms. The van der Waals surface area contributed by atoms with Gasteiger partial charge in [-0.05, 0) is 18.6 Å². The van der Waals surface area contributed by atoms with Crippen molar-refractivity contribution in [3.8, 4) is 17.2 Å². The standard InChI is InChI=1S/C21H28N2O3/c1-16(23-11-9-22-10-12-23)18-13-20(24-2)21(25-3)14-19(18)26-15-17-7-5-4-6-8-17/h4-8,13-14,16,22H,9-12,15H2,1-3H3/t16-/m0/s1. The predicted molar refractivity (Wildman–Crippen MR) is 103 cm³/mol. The molecule has 140 valence electrons. The highest BCUT2D eigenvalue weighted by molar-refractivity contribution is 5.52. The molecule has 2 aromatic carbocycles. The second-order valence-corrected chi connectivity index (χ2v) is 6.48. The van der Waals surface area contributed by atoms with Crippen LogP contribution < -0.4 is 19.5 Å². The molecule has 0 amide bonds. The van der Waals surface area contributed by atoms with Gasteiger partial charge in [0.2, 0.25) is 0 Å². The predicted octanol–water partition coefficient (Wildman–Crippen LogP) is 3.25. The van der Waals surface area contributed by atoms with Crippen molar-refractivity contribution in [2.75, 3.05) is 40.4 Å². The Balaban J connectivity index is 1.88. The monoisotopic (exact) mass is 356 g/mol. The van der Waals surface area contributed by atoms with E-state index in [0.29, 0.717) is 12.4 Å². The van der Waals surface area contributed by atoms with Crippen LogP contribution >= 0.6 is 0 Å². The molecular weight excluding hydrogens is 328 g/mol. The number of benzene rings is 2. The summed E-state index contributed by atoms with van der Waals surface area (Å²) in [5.74, 6) is 2.26. The van der Waals surface area contributed by atoms with E-state index in [1.807, 2.05) is 30.3 Å². The van der Waals surface area contributed by atoms with Crippen LogP contribution in [0.15, 0.2) is 42.5 Å². The van der Waals surface area contributed by atoms with Gasteiger partial charge in [0.05, 0.1) is 14.2 Å². The average molecular weight is 356 g/mol. The highest BCUT2D eigenvalue weighted by atomic mass is 16.5. The molecule has 1 atom stereocenters. The summed E-state index contributed by atoms with van der Waals surface area (Å²) in [6.45, 7) is 6.82. The summed E-state index contributed by atoms with van der Waals surface area (Å²) in [6.07, 6.45) is 0. The van der Waals surface area contributed by atoms with Crippen LogP contribution in [0.25, 0.3) is 0 Å². The second-order valence-electron chi connectivity index (χ2n) is 6.48. The Morgan fingerprint density at radius 2 is 1.62 bits per heavy atom. The van der Waals surface area contributed by atoms with Crippen LogP contribution in [0.3, 0.4) is 0 Å². The zero-order chi connectivity index (χ0) is 18.4. The molecule has 1 fully saturated rings. The zero-order valence-corrected chi connectivity index (χ0v) is 15.8. The van der Waals surface area contributed by atoms with E-state index in [1.54, 1.807) is 14.2 Å². The molecular formula is C21H28N2O3. The SMILES string of the molecule is COc1cc(OCc2ccccc2)c([C@H](C)N2CCNCC2)cc1OC. The Kier molecular flexibility index (Phi) is 6.36. The minimum absolute atomic E-state index is 0.239. The first-order valence-corrected chi connectivity index (χ1v) is 9.10. The van der Waals surface area contributed by atoms with Crippen LogP contribution in [0.1, 0.15) is 24.1 Å². The first kappa shape index (κ1) is 18.5. The summed E-state index contributed by atoms with van der Waals surface area (Å²) >= 11 is 0. The number of ether oxygens (including phenoxy) is 3. The smallest absolute Gasteiger partial charge is 0.164 e. The maximum atomic E-state index is 6.20. The van der Waals surface area contributed by atoms with Gasteiger partial charge >= 0.3 is 0 Å². The molecule has 26 heavy (non-hydrogen) atoms. The Morgan fingerprint density at radius 3 is 2.27 bits per heavy atom. The van der Waals surface area contributed by atoms with Crippen LogP contribution in [0, 0.1) is 0 Å². The number of nitrogens with one attached hydrogen (secondary N) is 1. The summed E-state index contributed by atoms with van der Waals surface area (Å²) < 4.78 is 17.2. The molecule has 1 N–H and O–H groups in total. The Morgan fingerprint density at radius 1 is 0.962 bits per heavy atom. The van der Waals surface area contributed by atoms with Crippen LogP contribution in [0.4, 0.5) is 0 Å². The molecule has 0 unspecified atom stereocenters. The fourth-order valence-corrected chi connectivity index (χ4v) is 3.33. The molecule has 2 aromatic rings. The molecule has 0 aromatic heterocycles. The van der Waals surface area contributed by atoms with E-state index < -0.39 is 0 Å². The van der Waals surface area contributed by atoms with E-state index in [4.69, 9.17) is 14.2 Å². The number of hydrogen-bond donors (Lipinski definition) is 1. The van der Waals surface area contributed by atoms with E-state index in [0.717, 1.165) is 48.8 Å². The Bertz CT molecular complexity index is 700. The van der Waals surface area contributed by atoms with E-state index in [1.165, 1.54) is 0 Å². The van der Waals surface area contributed by atoms with Gasteiger partial charge in [-0.2, -0.15) is 0 Å². The van der Waals surface area contributed by atoms with Gasteiger partial charge in [-0.15, -0.1) is 0 Å². The lowest BCUT2D eigenvalue weighted by Crippen LogP contribution is -2.44. The number of nitrogens with zero attached hydrogens (tertiary/aromatic N) is 1. The molecule has 0 aliphatic carbocycles. The van der Waals surface area contributed by atoms with Gasteiger partial charge in [0.1, 0.15) is 12.4 Å². The van der Waals surface area contributed by atoms with Gasteiger partial charge in [-0.25, -0.2) is 0 Å². The molecule has 1 saturated heterocycles. The first-order chi connectivity index (χ1) is 12.7. The van der Waals surface area contributed by atoms with E-state index in [-0.39, 0.29) is 6.04 Å². The number of methoxy groups -OCH3 is 2. The third-order valence-corrected chi connectivity index (χ3v) is 4.90. The van der Waals surface area contributed by atoms with Crippen molar-refractivity contribution in [2.24, 2.45) is 0 Å². The number of piperazine rings is 1. The summed E-state index contributed by atoms with van der Waals surface area (Å²) in [5, 5.41) is 3.41. The molecule has 5 nitrogen and oxygen atoms in total. The van der Waals surface area contributed by atoms with E-state index in [2.05, 4.69) is 29.3 Å². The third kappa shape index (κ3) is 4.29. The lowest BCUT2D eigenvalue weighted by Gasteiger charge is -2.34.